The van der Waals surface area contributed by atoms with Crippen molar-refractivity contribution in [1.82, 2.24) is 4.90 Å². The minimum Gasteiger partial charge on any atom is -0.381 e. The number of ether oxygens (including phenoxy) is 1. The van der Waals surface area contributed by atoms with Gasteiger partial charge in [0, 0.05) is 30.8 Å². The van der Waals surface area contributed by atoms with Crippen molar-refractivity contribution in [2.45, 2.75) is 51.5 Å². The molecule has 126 valence electrons. The largest absolute Gasteiger partial charge is 0.381 e. The first-order valence-corrected chi connectivity index (χ1v) is 8.70. The lowest BCUT2D eigenvalue weighted by Crippen LogP contribution is -2.40. The van der Waals surface area contributed by atoms with Gasteiger partial charge in [-0.2, -0.15) is 0 Å². The van der Waals surface area contributed by atoms with Crippen molar-refractivity contribution in [2.24, 2.45) is 5.92 Å². The van der Waals surface area contributed by atoms with Crippen LogP contribution >= 0.6 is 0 Å². The first-order valence-electron chi connectivity index (χ1n) is 8.70. The molecule has 4 heteroatoms. The number of carbonyl (C=O) groups is 1. The quantitative estimate of drug-likeness (QED) is 0.911. The number of nitrogens with zero attached hydrogens (tertiary/aromatic N) is 1. The number of anilines is 1. The van der Waals surface area contributed by atoms with E-state index in [4.69, 9.17) is 4.74 Å². The van der Waals surface area contributed by atoms with Crippen LogP contribution in [0.4, 0.5) is 10.5 Å². The molecule has 0 bridgehead atoms. The van der Waals surface area contributed by atoms with E-state index in [1.807, 2.05) is 23.1 Å². The van der Waals surface area contributed by atoms with E-state index in [-0.39, 0.29) is 11.4 Å². The number of hydrogen-bond acceptors (Lipinski definition) is 2. The molecule has 1 saturated heterocycles. The average molecular weight is 316 g/mol. The Kier molecular flexibility index (Phi) is 4.62. The van der Waals surface area contributed by atoms with Crippen LogP contribution in [0.2, 0.25) is 0 Å². The molecule has 1 atom stereocenters. The molecule has 2 fully saturated rings. The van der Waals surface area contributed by atoms with E-state index in [1.54, 1.807) is 0 Å². The first kappa shape index (κ1) is 16.3. The van der Waals surface area contributed by atoms with Crippen LogP contribution < -0.4 is 5.32 Å². The first-order chi connectivity index (χ1) is 10.9. The van der Waals surface area contributed by atoms with Gasteiger partial charge >= 0.3 is 6.03 Å². The highest BCUT2D eigenvalue weighted by molar-refractivity contribution is 5.90. The molecule has 2 aliphatic rings. The predicted molar refractivity (Wildman–Crippen MR) is 92.8 cm³/mol. The van der Waals surface area contributed by atoms with Gasteiger partial charge in [0.2, 0.25) is 0 Å². The van der Waals surface area contributed by atoms with E-state index in [0.717, 1.165) is 44.7 Å². The molecule has 4 nitrogen and oxygen atoms in total. The van der Waals surface area contributed by atoms with E-state index in [0.29, 0.717) is 12.0 Å². The zero-order valence-corrected chi connectivity index (χ0v) is 14.5. The van der Waals surface area contributed by atoms with Crippen molar-refractivity contribution in [3.8, 4) is 0 Å². The predicted octanol–water partition coefficient (Wildman–Crippen LogP) is 4.02. The number of para-hydroxylation sites is 1. The number of rotatable bonds is 4. The molecular formula is C19H28N2O2. The van der Waals surface area contributed by atoms with E-state index in [2.05, 4.69) is 32.2 Å². The van der Waals surface area contributed by atoms with Crippen LogP contribution in [-0.2, 0) is 10.2 Å². The number of amides is 2. The number of nitrogens with one attached hydrogen (secondary N) is 1. The zero-order valence-electron chi connectivity index (χ0n) is 14.5. The summed E-state index contributed by atoms with van der Waals surface area (Å²) in [4.78, 5) is 14.9. The molecule has 0 spiro atoms. The molecule has 1 aliphatic carbocycles. The molecule has 1 aliphatic heterocycles. The van der Waals surface area contributed by atoms with Crippen molar-refractivity contribution in [3.05, 3.63) is 29.8 Å². The second-order valence-corrected chi connectivity index (χ2v) is 7.84. The maximum absolute atomic E-state index is 12.8. The Morgan fingerprint density at radius 1 is 1.26 bits per heavy atom. The maximum Gasteiger partial charge on any atom is 0.322 e. The van der Waals surface area contributed by atoms with Gasteiger partial charge in [-0.25, -0.2) is 4.79 Å². The Balaban J connectivity index is 1.72. The van der Waals surface area contributed by atoms with Gasteiger partial charge in [-0.05, 0) is 36.3 Å². The molecule has 0 radical (unpaired) electrons. The Labute approximate surface area is 139 Å². The monoisotopic (exact) mass is 316 g/mol. The van der Waals surface area contributed by atoms with Gasteiger partial charge in [0.15, 0.2) is 0 Å². The summed E-state index contributed by atoms with van der Waals surface area (Å²) in [5.41, 5.74) is 2.11. The summed E-state index contributed by atoms with van der Waals surface area (Å²) in [5, 5.41) is 3.16. The number of urea groups is 1. The molecule has 23 heavy (non-hydrogen) atoms. The fourth-order valence-electron chi connectivity index (χ4n) is 3.22. The van der Waals surface area contributed by atoms with Crippen LogP contribution in [-0.4, -0.2) is 36.7 Å². The lowest BCUT2D eigenvalue weighted by atomic mass is 9.86. The summed E-state index contributed by atoms with van der Waals surface area (Å²) in [6.07, 6.45) is 3.32. The van der Waals surface area contributed by atoms with E-state index in [9.17, 15) is 4.79 Å². The molecule has 3 rings (SSSR count). The van der Waals surface area contributed by atoms with E-state index >= 15 is 0 Å². The third-order valence-corrected chi connectivity index (χ3v) is 4.70. The lowest BCUT2D eigenvalue weighted by Gasteiger charge is -2.28. The molecule has 1 N–H and O–H groups in total. The van der Waals surface area contributed by atoms with Crippen molar-refractivity contribution in [1.29, 1.82) is 0 Å². The highest BCUT2D eigenvalue weighted by atomic mass is 16.5. The van der Waals surface area contributed by atoms with Crippen LogP contribution in [0, 0.1) is 5.92 Å². The van der Waals surface area contributed by atoms with Crippen molar-refractivity contribution < 1.29 is 9.53 Å². The molecule has 0 unspecified atom stereocenters. The standard InChI is InChI=1S/C19H28N2O2/c1-19(2,3)16-6-4-5-7-17(16)20-18(22)21(15-8-9-15)12-14-10-11-23-13-14/h4-7,14-15H,8-13H2,1-3H3,(H,20,22)/t14-/m0/s1. The molecule has 1 heterocycles. The van der Waals surface area contributed by atoms with Crippen LogP contribution in [0.5, 0.6) is 0 Å². The maximum atomic E-state index is 12.8. The van der Waals surface area contributed by atoms with Crippen molar-refractivity contribution in [2.75, 3.05) is 25.1 Å². The van der Waals surface area contributed by atoms with Gasteiger partial charge in [-0.15, -0.1) is 0 Å². The third kappa shape index (κ3) is 4.05. The summed E-state index contributed by atoms with van der Waals surface area (Å²) < 4.78 is 5.46. The highest BCUT2D eigenvalue weighted by Crippen LogP contribution is 2.32. The average Bonchev–Trinajstić information content (AvgIpc) is 3.20. The van der Waals surface area contributed by atoms with E-state index < -0.39 is 0 Å². The minimum absolute atomic E-state index is 0.00752. The van der Waals surface area contributed by atoms with Gasteiger partial charge in [0.1, 0.15) is 0 Å². The van der Waals surface area contributed by atoms with Crippen LogP contribution in [0.15, 0.2) is 24.3 Å². The molecule has 1 aromatic rings. The molecule has 0 aromatic heterocycles. The summed E-state index contributed by atoms with van der Waals surface area (Å²) in [7, 11) is 0. The van der Waals surface area contributed by atoms with Gasteiger partial charge in [-0.3, -0.25) is 0 Å². The fraction of sp³-hybridized carbons (Fsp3) is 0.632. The summed E-state index contributed by atoms with van der Waals surface area (Å²) in [6, 6.07) is 8.57. The molecule has 1 saturated carbocycles. The smallest absolute Gasteiger partial charge is 0.322 e. The summed E-state index contributed by atoms with van der Waals surface area (Å²) in [6.45, 7) is 8.95. The molecular weight excluding hydrogens is 288 g/mol. The van der Waals surface area contributed by atoms with Crippen LogP contribution in [0.1, 0.15) is 45.6 Å². The summed E-state index contributed by atoms with van der Waals surface area (Å²) in [5.74, 6) is 0.485. The second kappa shape index (κ2) is 6.52. The Bertz CT molecular complexity index is 555. The Morgan fingerprint density at radius 3 is 2.61 bits per heavy atom. The number of hydrogen-bond donors (Lipinski definition) is 1. The van der Waals surface area contributed by atoms with Gasteiger partial charge in [-0.1, -0.05) is 39.0 Å². The van der Waals surface area contributed by atoms with Crippen LogP contribution in [0.3, 0.4) is 0 Å². The van der Waals surface area contributed by atoms with Crippen molar-refractivity contribution >= 4 is 11.7 Å². The zero-order chi connectivity index (χ0) is 16.4. The van der Waals surface area contributed by atoms with Gasteiger partial charge in [0.05, 0.1) is 6.61 Å². The minimum atomic E-state index is 0.00752. The lowest BCUT2D eigenvalue weighted by molar-refractivity contribution is 0.167. The normalized spacial score (nSPS) is 21.3. The SMILES string of the molecule is CC(C)(C)c1ccccc1NC(=O)N(C[C@@H]1CCOC1)C1CC1. The van der Waals surface area contributed by atoms with Gasteiger partial charge < -0.3 is 15.0 Å². The fourth-order valence-corrected chi connectivity index (χ4v) is 3.22. The summed E-state index contributed by atoms with van der Waals surface area (Å²) >= 11 is 0. The molecule has 2 amide bonds. The number of carbonyl (C=O) groups excluding carboxylic acids is 1. The molecule has 1 aromatic carbocycles. The van der Waals surface area contributed by atoms with Crippen molar-refractivity contribution in [3.63, 3.8) is 0 Å². The Morgan fingerprint density at radius 2 is 2.00 bits per heavy atom. The van der Waals surface area contributed by atoms with Crippen LogP contribution in [0.25, 0.3) is 0 Å². The van der Waals surface area contributed by atoms with E-state index in [1.165, 1.54) is 5.56 Å². The topological polar surface area (TPSA) is 41.6 Å². The highest BCUT2D eigenvalue weighted by Gasteiger charge is 2.35. The Hall–Kier alpha value is -1.55. The number of benzene rings is 1. The third-order valence-electron chi connectivity index (χ3n) is 4.70. The second-order valence-electron chi connectivity index (χ2n) is 7.84. The van der Waals surface area contributed by atoms with Gasteiger partial charge in [0.25, 0.3) is 0 Å².